The molecule has 0 fully saturated rings. The van der Waals surface area contributed by atoms with Crippen LogP contribution in [-0.2, 0) is 13.0 Å². The third-order valence-electron chi connectivity index (χ3n) is 4.60. The molecule has 2 unspecified atom stereocenters. The molecular formula is C20H24N2O3. The first kappa shape index (κ1) is 17.3. The van der Waals surface area contributed by atoms with Crippen LogP contribution in [0.4, 0.5) is 4.79 Å². The highest BCUT2D eigenvalue weighted by atomic mass is 16.5. The van der Waals surface area contributed by atoms with E-state index in [2.05, 4.69) is 16.7 Å². The molecule has 0 saturated heterocycles. The van der Waals surface area contributed by atoms with Crippen LogP contribution in [0.15, 0.2) is 48.5 Å². The summed E-state index contributed by atoms with van der Waals surface area (Å²) in [5.41, 5.74) is 3.17. The van der Waals surface area contributed by atoms with E-state index in [1.54, 1.807) is 0 Å². The fraction of sp³-hybridized carbons (Fsp3) is 0.350. The van der Waals surface area contributed by atoms with Crippen molar-refractivity contribution in [2.75, 3.05) is 13.2 Å². The molecular weight excluding hydrogens is 316 g/mol. The van der Waals surface area contributed by atoms with E-state index in [1.807, 2.05) is 49.4 Å². The van der Waals surface area contributed by atoms with Crippen LogP contribution >= 0.6 is 0 Å². The lowest BCUT2D eigenvalue weighted by Gasteiger charge is -2.20. The molecule has 5 heteroatoms. The normalized spacial score (nSPS) is 16.6. The van der Waals surface area contributed by atoms with Gasteiger partial charge in [0.25, 0.3) is 0 Å². The van der Waals surface area contributed by atoms with Crippen LogP contribution < -0.4 is 15.4 Å². The van der Waals surface area contributed by atoms with Gasteiger partial charge in [0.15, 0.2) is 0 Å². The maximum Gasteiger partial charge on any atom is 0.315 e. The van der Waals surface area contributed by atoms with Crippen molar-refractivity contribution in [3.63, 3.8) is 0 Å². The predicted octanol–water partition coefficient (Wildman–Crippen LogP) is 2.59. The molecule has 1 aliphatic heterocycles. The zero-order valence-corrected chi connectivity index (χ0v) is 14.4. The second-order valence-corrected chi connectivity index (χ2v) is 6.37. The summed E-state index contributed by atoms with van der Waals surface area (Å²) >= 11 is 0. The van der Waals surface area contributed by atoms with E-state index in [0.29, 0.717) is 13.2 Å². The second kappa shape index (κ2) is 8.03. The highest BCUT2D eigenvalue weighted by molar-refractivity contribution is 5.74. The first-order valence-corrected chi connectivity index (χ1v) is 8.62. The summed E-state index contributed by atoms with van der Waals surface area (Å²) in [6.45, 7) is 3.21. The largest absolute Gasteiger partial charge is 0.493 e. The van der Waals surface area contributed by atoms with Crippen LogP contribution in [0.25, 0.3) is 0 Å². The van der Waals surface area contributed by atoms with Crippen molar-refractivity contribution >= 4 is 6.03 Å². The van der Waals surface area contributed by atoms with Crippen LogP contribution in [0.1, 0.15) is 29.5 Å². The van der Waals surface area contributed by atoms with Crippen LogP contribution in [-0.4, -0.2) is 30.3 Å². The molecule has 1 aliphatic rings. The van der Waals surface area contributed by atoms with Crippen molar-refractivity contribution in [1.29, 1.82) is 0 Å². The SMILES string of the molecule is CC(NC(=O)NCCc1ccc(CO)cc1)C1COc2ccccc21. The zero-order valence-electron chi connectivity index (χ0n) is 14.4. The topological polar surface area (TPSA) is 70.6 Å². The minimum atomic E-state index is -0.163. The van der Waals surface area contributed by atoms with Crippen LogP contribution in [0.2, 0.25) is 0 Å². The summed E-state index contributed by atoms with van der Waals surface area (Å²) < 4.78 is 5.68. The molecule has 1 heterocycles. The number of carbonyl (C=O) groups is 1. The van der Waals surface area contributed by atoms with E-state index in [0.717, 1.165) is 28.9 Å². The highest BCUT2D eigenvalue weighted by Gasteiger charge is 2.29. The first-order valence-electron chi connectivity index (χ1n) is 8.62. The molecule has 2 aromatic rings. The number of urea groups is 1. The third-order valence-corrected chi connectivity index (χ3v) is 4.60. The van der Waals surface area contributed by atoms with Gasteiger partial charge >= 0.3 is 6.03 Å². The molecule has 0 saturated carbocycles. The van der Waals surface area contributed by atoms with Gasteiger partial charge in [-0.1, -0.05) is 42.5 Å². The molecule has 5 nitrogen and oxygen atoms in total. The molecule has 0 aromatic heterocycles. The molecule has 0 aliphatic carbocycles. The Bertz CT molecular complexity index is 715. The number of hydrogen-bond acceptors (Lipinski definition) is 3. The van der Waals surface area contributed by atoms with Crippen molar-refractivity contribution in [3.8, 4) is 5.75 Å². The summed E-state index contributed by atoms with van der Waals surface area (Å²) in [5.74, 6) is 1.08. The van der Waals surface area contributed by atoms with Crippen LogP contribution in [0.5, 0.6) is 5.75 Å². The molecule has 25 heavy (non-hydrogen) atoms. The average molecular weight is 340 g/mol. The fourth-order valence-electron chi connectivity index (χ4n) is 3.09. The van der Waals surface area contributed by atoms with Gasteiger partial charge in [-0.05, 0) is 30.5 Å². The molecule has 0 spiro atoms. The number of aliphatic hydroxyl groups excluding tert-OH is 1. The summed E-state index contributed by atoms with van der Waals surface area (Å²) in [6, 6.07) is 15.5. The summed E-state index contributed by atoms with van der Waals surface area (Å²) in [6.07, 6.45) is 0.753. The Labute approximate surface area is 148 Å². The number of rotatable bonds is 6. The lowest BCUT2D eigenvalue weighted by Crippen LogP contribution is -2.44. The second-order valence-electron chi connectivity index (χ2n) is 6.37. The van der Waals surface area contributed by atoms with Crippen molar-refractivity contribution in [1.82, 2.24) is 10.6 Å². The monoisotopic (exact) mass is 340 g/mol. The standard InChI is InChI=1S/C20H24N2O3/c1-14(18-13-25-19-5-3-2-4-17(18)19)22-20(24)21-11-10-15-6-8-16(12-23)9-7-15/h2-9,14,18,23H,10-13H2,1H3,(H2,21,22,24). The molecule has 2 amide bonds. The van der Waals surface area contributed by atoms with E-state index in [-0.39, 0.29) is 24.6 Å². The quantitative estimate of drug-likeness (QED) is 0.757. The zero-order chi connectivity index (χ0) is 17.6. The van der Waals surface area contributed by atoms with E-state index in [4.69, 9.17) is 9.84 Å². The lowest BCUT2D eigenvalue weighted by atomic mass is 9.94. The Morgan fingerprint density at radius 2 is 1.92 bits per heavy atom. The Morgan fingerprint density at radius 1 is 1.20 bits per heavy atom. The number of aliphatic hydroxyl groups is 1. The number of nitrogens with one attached hydrogen (secondary N) is 2. The van der Waals surface area contributed by atoms with Gasteiger partial charge in [-0.25, -0.2) is 4.79 Å². The van der Waals surface area contributed by atoms with Crippen molar-refractivity contribution in [3.05, 3.63) is 65.2 Å². The number of hydrogen-bond donors (Lipinski definition) is 3. The van der Waals surface area contributed by atoms with E-state index in [1.165, 1.54) is 0 Å². The lowest BCUT2D eigenvalue weighted by molar-refractivity contribution is 0.233. The van der Waals surface area contributed by atoms with E-state index in [9.17, 15) is 4.79 Å². The Kier molecular flexibility index (Phi) is 5.56. The maximum absolute atomic E-state index is 12.1. The summed E-state index contributed by atoms with van der Waals surface area (Å²) in [4.78, 5) is 12.1. The van der Waals surface area contributed by atoms with Crippen molar-refractivity contribution in [2.45, 2.75) is 31.9 Å². The minimum Gasteiger partial charge on any atom is -0.493 e. The van der Waals surface area contributed by atoms with Crippen molar-refractivity contribution < 1.29 is 14.6 Å². The van der Waals surface area contributed by atoms with Gasteiger partial charge in [0.2, 0.25) is 0 Å². The first-order chi connectivity index (χ1) is 12.2. The molecule has 0 radical (unpaired) electrons. The number of fused-ring (bicyclic) bond motifs is 1. The van der Waals surface area contributed by atoms with Gasteiger partial charge in [-0.3, -0.25) is 0 Å². The highest BCUT2D eigenvalue weighted by Crippen LogP contribution is 2.35. The number of carbonyl (C=O) groups excluding carboxylic acids is 1. The smallest absolute Gasteiger partial charge is 0.315 e. The minimum absolute atomic E-state index is 0.00696. The van der Waals surface area contributed by atoms with Gasteiger partial charge < -0.3 is 20.5 Å². The van der Waals surface area contributed by atoms with Gasteiger partial charge in [-0.2, -0.15) is 0 Å². The van der Waals surface area contributed by atoms with Gasteiger partial charge in [0.05, 0.1) is 13.2 Å². The fourth-order valence-corrected chi connectivity index (χ4v) is 3.09. The summed E-state index contributed by atoms with van der Waals surface area (Å²) in [7, 11) is 0. The molecule has 3 N–H and O–H groups in total. The van der Waals surface area contributed by atoms with Crippen LogP contribution in [0.3, 0.4) is 0 Å². The number of para-hydroxylation sites is 1. The number of benzene rings is 2. The predicted molar refractivity (Wildman–Crippen MR) is 96.7 cm³/mol. The van der Waals surface area contributed by atoms with Crippen LogP contribution in [0, 0.1) is 0 Å². The molecule has 2 atom stereocenters. The Balaban J connectivity index is 1.44. The molecule has 3 rings (SSSR count). The van der Waals surface area contributed by atoms with Gasteiger partial charge in [0.1, 0.15) is 5.75 Å². The molecule has 0 bridgehead atoms. The van der Waals surface area contributed by atoms with Crippen molar-refractivity contribution in [2.24, 2.45) is 0 Å². The average Bonchev–Trinajstić information content (AvgIpc) is 3.06. The Hall–Kier alpha value is -2.53. The maximum atomic E-state index is 12.1. The third kappa shape index (κ3) is 4.31. The summed E-state index contributed by atoms with van der Waals surface area (Å²) in [5, 5.41) is 14.9. The Morgan fingerprint density at radius 3 is 2.68 bits per heavy atom. The molecule has 2 aromatic carbocycles. The van der Waals surface area contributed by atoms with Gasteiger partial charge in [-0.15, -0.1) is 0 Å². The number of ether oxygens (including phenoxy) is 1. The molecule has 132 valence electrons. The van der Waals surface area contributed by atoms with E-state index >= 15 is 0 Å². The number of amides is 2. The van der Waals surface area contributed by atoms with Gasteiger partial charge in [0, 0.05) is 24.1 Å². The van der Waals surface area contributed by atoms with E-state index < -0.39 is 0 Å².